The first kappa shape index (κ1) is 17.6. The summed E-state index contributed by atoms with van der Waals surface area (Å²) in [7, 11) is 1.66. The van der Waals surface area contributed by atoms with Crippen LogP contribution in [-0.4, -0.2) is 24.5 Å². The van der Waals surface area contributed by atoms with Gasteiger partial charge in [-0.3, -0.25) is 0 Å². The molecule has 2 aromatic rings. The number of rotatable bonds is 7. The Bertz CT molecular complexity index is 617. The van der Waals surface area contributed by atoms with Gasteiger partial charge in [-0.25, -0.2) is 4.39 Å². The Hall–Kier alpha value is -1.79. The molecule has 0 aromatic heterocycles. The molecule has 0 amide bonds. The van der Waals surface area contributed by atoms with Crippen molar-refractivity contribution in [2.24, 2.45) is 0 Å². The van der Waals surface area contributed by atoms with Gasteiger partial charge < -0.3 is 15.4 Å². The smallest absolute Gasteiger partial charge is 0.170 e. The van der Waals surface area contributed by atoms with Crippen LogP contribution in [-0.2, 0) is 0 Å². The van der Waals surface area contributed by atoms with Gasteiger partial charge >= 0.3 is 0 Å². The molecule has 0 aliphatic rings. The molecule has 122 valence electrons. The lowest BCUT2D eigenvalue weighted by molar-refractivity contribution is 0.414. The number of nitrogens with one attached hydrogen (secondary N) is 2. The molecule has 0 saturated heterocycles. The van der Waals surface area contributed by atoms with Crippen molar-refractivity contribution in [1.29, 1.82) is 0 Å². The zero-order valence-corrected chi connectivity index (χ0v) is 14.5. The summed E-state index contributed by atoms with van der Waals surface area (Å²) >= 11 is 7.00. The van der Waals surface area contributed by atoms with Gasteiger partial charge in [-0.1, -0.05) is 0 Å². The second kappa shape index (κ2) is 9.37. The van der Waals surface area contributed by atoms with Crippen LogP contribution in [0.15, 0.2) is 53.4 Å². The zero-order valence-electron chi connectivity index (χ0n) is 12.8. The normalized spacial score (nSPS) is 10.2. The maximum atomic E-state index is 12.8. The summed E-state index contributed by atoms with van der Waals surface area (Å²) in [6, 6.07) is 14.1. The molecule has 0 spiro atoms. The van der Waals surface area contributed by atoms with Crippen molar-refractivity contribution in [1.82, 2.24) is 5.32 Å². The summed E-state index contributed by atoms with van der Waals surface area (Å²) in [5.74, 6) is 1.61. The molecule has 0 radical (unpaired) electrons. The summed E-state index contributed by atoms with van der Waals surface area (Å²) in [4.78, 5) is 1.22. The molecule has 0 atom stereocenters. The van der Waals surface area contributed by atoms with E-state index < -0.39 is 0 Å². The van der Waals surface area contributed by atoms with E-state index in [9.17, 15) is 4.39 Å². The molecule has 0 saturated carbocycles. The van der Waals surface area contributed by atoms with Crippen LogP contribution in [0.25, 0.3) is 0 Å². The van der Waals surface area contributed by atoms with Crippen molar-refractivity contribution >= 4 is 34.8 Å². The number of benzene rings is 2. The minimum atomic E-state index is -0.259. The van der Waals surface area contributed by atoms with E-state index in [0.717, 1.165) is 30.2 Å². The third-order valence-corrected chi connectivity index (χ3v) is 4.38. The highest BCUT2D eigenvalue weighted by Gasteiger charge is 1.99. The number of thioether (sulfide) groups is 1. The number of methoxy groups -OCH3 is 1. The van der Waals surface area contributed by atoms with E-state index in [-0.39, 0.29) is 5.82 Å². The number of hydrogen-bond donors (Lipinski definition) is 2. The molecule has 0 bridgehead atoms. The molecule has 0 unspecified atom stereocenters. The van der Waals surface area contributed by atoms with E-state index in [2.05, 4.69) is 22.8 Å². The van der Waals surface area contributed by atoms with Crippen LogP contribution in [0.1, 0.15) is 6.42 Å². The zero-order chi connectivity index (χ0) is 16.5. The molecular weight excluding hydrogens is 331 g/mol. The van der Waals surface area contributed by atoms with Crippen molar-refractivity contribution in [2.75, 3.05) is 24.7 Å². The first-order chi connectivity index (χ1) is 11.2. The van der Waals surface area contributed by atoms with Crippen molar-refractivity contribution in [3.05, 3.63) is 54.3 Å². The number of ether oxygens (including phenoxy) is 1. The van der Waals surface area contributed by atoms with Crippen molar-refractivity contribution in [3.8, 4) is 5.75 Å². The maximum Gasteiger partial charge on any atom is 0.170 e. The quantitative estimate of drug-likeness (QED) is 0.442. The van der Waals surface area contributed by atoms with Gasteiger partial charge in [0.15, 0.2) is 5.11 Å². The van der Waals surface area contributed by atoms with Crippen LogP contribution in [0, 0.1) is 5.82 Å². The van der Waals surface area contributed by atoms with Crippen LogP contribution >= 0.6 is 24.0 Å². The molecule has 0 aliphatic carbocycles. The van der Waals surface area contributed by atoms with E-state index in [4.69, 9.17) is 17.0 Å². The molecule has 2 rings (SSSR count). The molecule has 3 nitrogen and oxygen atoms in total. The molecule has 23 heavy (non-hydrogen) atoms. The van der Waals surface area contributed by atoms with Gasteiger partial charge in [0.05, 0.1) is 7.11 Å². The van der Waals surface area contributed by atoms with E-state index in [0.29, 0.717) is 5.11 Å². The number of thiocarbonyl (C=S) groups is 1. The lowest BCUT2D eigenvalue weighted by Crippen LogP contribution is -2.29. The lowest BCUT2D eigenvalue weighted by atomic mass is 10.3. The van der Waals surface area contributed by atoms with Gasteiger partial charge in [0.25, 0.3) is 0 Å². The van der Waals surface area contributed by atoms with Crippen LogP contribution in [0.3, 0.4) is 0 Å². The van der Waals surface area contributed by atoms with Crippen molar-refractivity contribution in [2.45, 2.75) is 11.3 Å². The lowest BCUT2D eigenvalue weighted by Gasteiger charge is -2.10. The summed E-state index contributed by atoms with van der Waals surface area (Å²) in [5.41, 5.74) is 0.775. The largest absolute Gasteiger partial charge is 0.497 e. The average Bonchev–Trinajstić information content (AvgIpc) is 2.57. The van der Waals surface area contributed by atoms with Crippen LogP contribution in [0.5, 0.6) is 5.75 Å². The standard InChI is InChI=1S/C17H19FN2OS2/c1-21-15-7-9-16(10-8-15)23-12-2-11-19-17(22)20-14-5-3-13(18)4-6-14/h3-10H,2,11-12H2,1H3,(H2,19,20,22). The number of hydrogen-bond acceptors (Lipinski definition) is 3. The first-order valence-corrected chi connectivity index (χ1v) is 8.64. The molecule has 2 N–H and O–H groups in total. The first-order valence-electron chi connectivity index (χ1n) is 7.24. The molecule has 0 fully saturated rings. The Morgan fingerprint density at radius 2 is 1.83 bits per heavy atom. The molecular formula is C17H19FN2OS2. The average molecular weight is 350 g/mol. The molecule has 6 heteroatoms. The SMILES string of the molecule is COc1ccc(SCCCNC(=S)Nc2ccc(F)cc2)cc1. The second-order valence-corrected chi connectivity index (χ2v) is 6.34. The van der Waals surface area contributed by atoms with Gasteiger partial charge in [-0.05, 0) is 72.9 Å². The van der Waals surface area contributed by atoms with E-state index >= 15 is 0 Å². The molecule has 0 aliphatic heterocycles. The summed E-state index contributed by atoms with van der Waals surface area (Å²) in [6.07, 6.45) is 0.988. The second-order valence-electron chi connectivity index (χ2n) is 4.77. The fourth-order valence-corrected chi connectivity index (χ4v) is 2.92. The topological polar surface area (TPSA) is 33.3 Å². The minimum absolute atomic E-state index is 0.259. The van der Waals surface area contributed by atoms with Crippen molar-refractivity contribution in [3.63, 3.8) is 0 Å². The highest BCUT2D eigenvalue weighted by Crippen LogP contribution is 2.21. The predicted octanol–water partition coefficient (Wildman–Crippen LogP) is 4.30. The van der Waals surface area contributed by atoms with Crippen LogP contribution in [0.2, 0.25) is 0 Å². The monoisotopic (exact) mass is 350 g/mol. The Labute approximate surface area is 145 Å². The summed E-state index contributed by atoms with van der Waals surface area (Å²) in [5, 5.41) is 6.71. The Morgan fingerprint density at radius 1 is 1.13 bits per heavy atom. The Morgan fingerprint density at radius 3 is 2.48 bits per heavy atom. The van der Waals surface area contributed by atoms with Gasteiger partial charge in [0.2, 0.25) is 0 Å². The number of halogens is 1. The Balaban J connectivity index is 1.61. The number of anilines is 1. The van der Waals surface area contributed by atoms with Gasteiger partial charge in [0, 0.05) is 17.1 Å². The third-order valence-electron chi connectivity index (χ3n) is 3.04. The highest BCUT2D eigenvalue weighted by molar-refractivity contribution is 7.99. The fraction of sp³-hybridized carbons (Fsp3) is 0.235. The maximum absolute atomic E-state index is 12.8. The van der Waals surface area contributed by atoms with Gasteiger partial charge in [-0.15, -0.1) is 11.8 Å². The highest BCUT2D eigenvalue weighted by atomic mass is 32.2. The van der Waals surface area contributed by atoms with Crippen molar-refractivity contribution < 1.29 is 9.13 Å². The third kappa shape index (κ3) is 6.46. The Kier molecular flexibility index (Phi) is 7.16. The van der Waals surface area contributed by atoms with E-state index in [1.165, 1.54) is 17.0 Å². The summed E-state index contributed by atoms with van der Waals surface area (Å²) < 4.78 is 17.9. The minimum Gasteiger partial charge on any atom is -0.497 e. The molecule has 0 heterocycles. The van der Waals surface area contributed by atoms with E-state index in [1.807, 2.05) is 12.1 Å². The van der Waals surface area contributed by atoms with Crippen LogP contribution in [0.4, 0.5) is 10.1 Å². The molecule has 2 aromatic carbocycles. The van der Waals surface area contributed by atoms with Gasteiger partial charge in [-0.2, -0.15) is 0 Å². The van der Waals surface area contributed by atoms with E-state index in [1.54, 1.807) is 31.0 Å². The predicted molar refractivity (Wildman–Crippen MR) is 99.0 cm³/mol. The van der Waals surface area contributed by atoms with Crippen LogP contribution < -0.4 is 15.4 Å². The van der Waals surface area contributed by atoms with Gasteiger partial charge in [0.1, 0.15) is 11.6 Å². The summed E-state index contributed by atoms with van der Waals surface area (Å²) in [6.45, 7) is 0.788. The fourth-order valence-electron chi connectivity index (χ4n) is 1.84.